The summed E-state index contributed by atoms with van der Waals surface area (Å²) in [6.07, 6.45) is 8.09. The van der Waals surface area contributed by atoms with Gasteiger partial charge in [-0.3, -0.25) is 9.79 Å². The van der Waals surface area contributed by atoms with Crippen LogP contribution < -0.4 is 0 Å². The van der Waals surface area contributed by atoms with E-state index < -0.39 is 5.97 Å². The third kappa shape index (κ3) is 4.20. The maximum Gasteiger partial charge on any atom is 0.303 e. The number of hydrogen-bond acceptors (Lipinski definition) is 2. The molecule has 4 heteroatoms. The number of carboxylic acid groups (broad SMARTS) is 1. The van der Waals surface area contributed by atoms with Gasteiger partial charge in [-0.05, 0) is 56.0 Å². The predicted molar refractivity (Wildman–Crippen MR) is 90.2 cm³/mol. The summed E-state index contributed by atoms with van der Waals surface area (Å²) in [6.45, 7) is 6.28. The van der Waals surface area contributed by atoms with Crippen molar-refractivity contribution < 1.29 is 9.90 Å². The minimum absolute atomic E-state index is 0.124. The molecular weight excluding hydrogens is 276 g/mol. The number of carboxylic acids is 1. The van der Waals surface area contributed by atoms with E-state index >= 15 is 0 Å². The second-order valence-corrected chi connectivity index (χ2v) is 5.85. The van der Waals surface area contributed by atoms with Crippen LogP contribution in [0, 0.1) is 6.92 Å². The number of carbonyl (C=O) groups is 1. The molecule has 2 N–H and O–H groups in total. The molecule has 2 rings (SSSR count). The number of H-pyrrole nitrogens is 1. The highest BCUT2D eigenvalue weighted by Crippen LogP contribution is 2.25. The van der Waals surface area contributed by atoms with Crippen molar-refractivity contribution in [2.45, 2.75) is 52.9 Å². The summed E-state index contributed by atoms with van der Waals surface area (Å²) >= 11 is 0. The molecule has 1 aromatic rings. The quantitative estimate of drug-likeness (QED) is 0.789. The Morgan fingerprint density at radius 3 is 2.82 bits per heavy atom. The third-order valence-corrected chi connectivity index (χ3v) is 3.80. The molecule has 0 aromatic carbocycles. The zero-order valence-corrected chi connectivity index (χ0v) is 13.6. The van der Waals surface area contributed by atoms with Gasteiger partial charge in [-0.25, -0.2) is 0 Å². The molecule has 0 atom stereocenters. The Kier molecular flexibility index (Phi) is 5.36. The van der Waals surface area contributed by atoms with Crippen molar-refractivity contribution in [3.05, 3.63) is 40.4 Å². The Morgan fingerprint density at radius 1 is 1.36 bits per heavy atom. The smallest absolute Gasteiger partial charge is 0.303 e. The first kappa shape index (κ1) is 16.3. The van der Waals surface area contributed by atoms with Crippen molar-refractivity contribution in [1.29, 1.82) is 0 Å². The molecule has 0 radical (unpaired) electrons. The summed E-state index contributed by atoms with van der Waals surface area (Å²) in [5.74, 6) is -0.784. The zero-order chi connectivity index (χ0) is 16.1. The van der Waals surface area contributed by atoms with Crippen LogP contribution in [0.3, 0.4) is 0 Å². The van der Waals surface area contributed by atoms with Crippen molar-refractivity contribution in [1.82, 2.24) is 4.98 Å². The molecule has 2 heterocycles. The van der Waals surface area contributed by atoms with E-state index in [1.54, 1.807) is 0 Å². The fourth-order valence-corrected chi connectivity index (χ4v) is 2.62. The standard InChI is InChI=1S/C18H24N2O2/c1-4-5-6-14-10-13(3)19-17(14)11-16-12(2)9-15(20-16)7-8-18(21)22/h9-11,19H,4-8H2,1-3H3,(H,21,22)/b16-11-. The van der Waals surface area contributed by atoms with Gasteiger partial charge in [0.05, 0.1) is 12.1 Å². The lowest BCUT2D eigenvalue weighted by molar-refractivity contribution is -0.136. The van der Waals surface area contributed by atoms with Crippen LogP contribution in [0.2, 0.25) is 0 Å². The summed E-state index contributed by atoms with van der Waals surface area (Å²) in [5, 5.41) is 8.77. The molecule has 0 aliphatic carbocycles. The molecule has 0 saturated carbocycles. The molecule has 1 aliphatic heterocycles. The van der Waals surface area contributed by atoms with Gasteiger partial charge in [-0.15, -0.1) is 0 Å². The average molecular weight is 300 g/mol. The van der Waals surface area contributed by atoms with Crippen LogP contribution in [-0.4, -0.2) is 21.8 Å². The van der Waals surface area contributed by atoms with Crippen molar-refractivity contribution in [3.63, 3.8) is 0 Å². The van der Waals surface area contributed by atoms with Crippen LogP contribution in [0.1, 0.15) is 56.5 Å². The molecule has 0 saturated heterocycles. The van der Waals surface area contributed by atoms with Crippen LogP contribution in [0.25, 0.3) is 6.08 Å². The second-order valence-electron chi connectivity index (χ2n) is 5.85. The van der Waals surface area contributed by atoms with Gasteiger partial charge in [0.2, 0.25) is 0 Å². The van der Waals surface area contributed by atoms with E-state index in [1.807, 2.05) is 13.0 Å². The number of aromatic nitrogens is 1. The maximum absolute atomic E-state index is 10.7. The number of hydrogen-bond donors (Lipinski definition) is 2. The molecule has 0 amide bonds. The fourth-order valence-electron chi connectivity index (χ4n) is 2.62. The van der Waals surface area contributed by atoms with E-state index in [-0.39, 0.29) is 6.42 Å². The third-order valence-electron chi connectivity index (χ3n) is 3.80. The van der Waals surface area contributed by atoms with Gasteiger partial charge >= 0.3 is 5.97 Å². The summed E-state index contributed by atoms with van der Waals surface area (Å²) in [6, 6.07) is 2.20. The number of aliphatic imine (C=N–C) groups is 1. The van der Waals surface area contributed by atoms with Crippen LogP contribution in [0.4, 0.5) is 0 Å². The van der Waals surface area contributed by atoms with Gasteiger partial charge in [0, 0.05) is 23.5 Å². The SMILES string of the molecule is CCCCc1cc(C)[nH]c1/C=C1\N=C(CCC(=O)O)C=C1C. The topological polar surface area (TPSA) is 65.5 Å². The normalized spacial score (nSPS) is 16.0. The number of nitrogens with one attached hydrogen (secondary N) is 1. The summed E-state index contributed by atoms with van der Waals surface area (Å²) in [5.41, 5.74) is 6.48. The van der Waals surface area contributed by atoms with Crippen molar-refractivity contribution >= 4 is 17.8 Å². The molecule has 0 bridgehead atoms. The molecule has 0 fully saturated rings. The lowest BCUT2D eigenvalue weighted by Crippen LogP contribution is -1.99. The van der Waals surface area contributed by atoms with Crippen molar-refractivity contribution in [2.75, 3.05) is 0 Å². The molecule has 118 valence electrons. The lowest BCUT2D eigenvalue weighted by Gasteiger charge is -2.01. The highest BCUT2D eigenvalue weighted by Gasteiger charge is 2.13. The second kappa shape index (κ2) is 7.25. The summed E-state index contributed by atoms with van der Waals surface area (Å²) < 4.78 is 0. The van der Waals surface area contributed by atoms with Crippen LogP contribution in [-0.2, 0) is 11.2 Å². The van der Waals surface area contributed by atoms with E-state index in [2.05, 4.69) is 36.0 Å². The first-order valence-corrected chi connectivity index (χ1v) is 7.87. The lowest BCUT2D eigenvalue weighted by atomic mass is 10.1. The zero-order valence-electron chi connectivity index (χ0n) is 13.6. The fraction of sp³-hybridized carbons (Fsp3) is 0.444. The number of aryl methyl sites for hydroxylation is 2. The largest absolute Gasteiger partial charge is 0.481 e. The van der Waals surface area contributed by atoms with E-state index in [1.165, 1.54) is 18.4 Å². The average Bonchev–Trinajstić information content (AvgIpc) is 2.98. The first-order valence-electron chi connectivity index (χ1n) is 7.87. The molecule has 0 unspecified atom stereocenters. The molecule has 1 aromatic heterocycles. The Labute approximate surface area is 131 Å². The Balaban J connectivity index is 2.19. The minimum atomic E-state index is -0.784. The minimum Gasteiger partial charge on any atom is -0.481 e. The molecular formula is C18H24N2O2. The van der Waals surface area contributed by atoms with E-state index in [9.17, 15) is 4.79 Å². The first-order chi connectivity index (χ1) is 10.5. The number of rotatable bonds is 7. The van der Waals surface area contributed by atoms with E-state index in [4.69, 9.17) is 5.11 Å². The van der Waals surface area contributed by atoms with Crippen LogP contribution in [0.15, 0.2) is 28.4 Å². The Bertz CT molecular complexity index is 648. The number of allylic oxidation sites excluding steroid dienone is 2. The maximum atomic E-state index is 10.7. The van der Waals surface area contributed by atoms with Crippen LogP contribution in [0.5, 0.6) is 0 Å². The highest BCUT2D eigenvalue weighted by molar-refractivity contribution is 6.01. The van der Waals surface area contributed by atoms with Crippen LogP contribution >= 0.6 is 0 Å². The van der Waals surface area contributed by atoms with Gasteiger partial charge in [-0.2, -0.15) is 0 Å². The van der Waals surface area contributed by atoms with Gasteiger partial charge in [-0.1, -0.05) is 13.3 Å². The monoisotopic (exact) mass is 300 g/mol. The molecule has 22 heavy (non-hydrogen) atoms. The summed E-state index contributed by atoms with van der Waals surface area (Å²) in [7, 11) is 0. The number of nitrogens with zero attached hydrogens (tertiary/aromatic N) is 1. The van der Waals surface area contributed by atoms with E-state index in [0.717, 1.165) is 34.8 Å². The van der Waals surface area contributed by atoms with Gasteiger partial charge in [0.1, 0.15) is 0 Å². The highest BCUT2D eigenvalue weighted by atomic mass is 16.4. The van der Waals surface area contributed by atoms with Gasteiger partial charge < -0.3 is 10.1 Å². The number of aromatic amines is 1. The molecule has 4 nitrogen and oxygen atoms in total. The molecule has 1 aliphatic rings. The molecule has 0 spiro atoms. The van der Waals surface area contributed by atoms with Gasteiger partial charge in [0.15, 0.2) is 0 Å². The number of unbranched alkanes of at least 4 members (excludes halogenated alkanes) is 1. The van der Waals surface area contributed by atoms with E-state index in [0.29, 0.717) is 6.42 Å². The Hall–Kier alpha value is -2.10. The van der Waals surface area contributed by atoms with Gasteiger partial charge in [0.25, 0.3) is 0 Å². The van der Waals surface area contributed by atoms with Crippen molar-refractivity contribution in [3.8, 4) is 0 Å². The Morgan fingerprint density at radius 2 is 2.14 bits per heavy atom. The number of aliphatic carboxylic acids is 1. The van der Waals surface area contributed by atoms with Crippen molar-refractivity contribution in [2.24, 2.45) is 4.99 Å². The summed E-state index contributed by atoms with van der Waals surface area (Å²) in [4.78, 5) is 18.6. The predicted octanol–water partition coefficient (Wildman–Crippen LogP) is 4.27.